The summed E-state index contributed by atoms with van der Waals surface area (Å²) in [6.07, 6.45) is 11.1. The zero-order valence-corrected chi connectivity index (χ0v) is 27.4. The number of carbonyl (C=O) groups excluding carboxylic acids is 2. The number of hydrogen-bond donors (Lipinski definition) is 1. The molecule has 0 spiro atoms. The highest BCUT2D eigenvalue weighted by Crippen LogP contribution is 2.46. The van der Waals surface area contributed by atoms with Crippen molar-refractivity contribution in [3.63, 3.8) is 0 Å². The largest absolute Gasteiger partial charge is 0.444 e. The maximum absolute atomic E-state index is 13.3. The molecule has 2 fully saturated rings. The summed E-state index contributed by atoms with van der Waals surface area (Å²) < 4.78 is 13.4. The van der Waals surface area contributed by atoms with Crippen molar-refractivity contribution in [1.82, 2.24) is 24.8 Å². The number of aryl methyl sites for hydroxylation is 1. The number of rotatable bonds is 6. The molecule has 238 valence electrons. The average Bonchev–Trinajstić information content (AvgIpc) is 3.58. The maximum atomic E-state index is 13.3. The number of amides is 2. The zero-order chi connectivity index (χ0) is 31.9. The molecule has 2 atom stereocenters. The summed E-state index contributed by atoms with van der Waals surface area (Å²) in [5.74, 6) is 0.374. The first-order valence-electron chi connectivity index (χ1n) is 15.8. The number of nitrogens with zero attached hydrogens (tertiary/aromatic N) is 4. The Bertz CT molecular complexity index is 1610. The van der Waals surface area contributed by atoms with E-state index in [2.05, 4.69) is 28.5 Å². The number of piperidine rings is 1. The minimum atomic E-state index is -0.548. The van der Waals surface area contributed by atoms with Crippen LogP contribution in [0.1, 0.15) is 99.8 Å². The highest BCUT2D eigenvalue weighted by Gasteiger charge is 2.42. The number of fused-ring (bicyclic) bond motifs is 2. The van der Waals surface area contributed by atoms with Gasteiger partial charge in [-0.2, -0.15) is 0 Å². The summed E-state index contributed by atoms with van der Waals surface area (Å²) >= 11 is 6.68. The van der Waals surface area contributed by atoms with E-state index in [-0.39, 0.29) is 12.0 Å². The van der Waals surface area contributed by atoms with E-state index in [1.807, 2.05) is 68.6 Å². The fourth-order valence-electron chi connectivity index (χ4n) is 6.41. The summed E-state index contributed by atoms with van der Waals surface area (Å²) in [7, 11) is 1.92. The number of nitrogens with one attached hydrogen (secondary N) is 1. The normalized spacial score (nSPS) is 19.8. The minimum Gasteiger partial charge on any atom is -0.444 e. The fraction of sp³-hybridized carbons (Fsp3) is 0.486. The lowest BCUT2D eigenvalue weighted by Gasteiger charge is -2.35. The molecule has 2 unspecified atom stereocenters. The van der Waals surface area contributed by atoms with E-state index in [0.29, 0.717) is 24.0 Å². The van der Waals surface area contributed by atoms with Gasteiger partial charge in [0.1, 0.15) is 11.2 Å². The van der Waals surface area contributed by atoms with E-state index >= 15 is 0 Å². The van der Waals surface area contributed by atoms with Crippen molar-refractivity contribution in [3.8, 4) is 0 Å². The Morgan fingerprint density at radius 2 is 1.93 bits per heavy atom. The third kappa shape index (κ3) is 7.03. The number of ether oxygens (including phenoxy) is 2. The van der Waals surface area contributed by atoms with Crippen LogP contribution in [0, 0.1) is 5.92 Å². The second-order valence-corrected chi connectivity index (χ2v) is 14.3. The summed E-state index contributed by atoms with van der Waals surface area (Å²) in [5, 5.41) is 3.78. The van der Waals surface area contributed by atoms with Gasteiger partial charge in [-0.15, -0.1) is 0 Å². The molecule has 2 aromatic heterocycles. The van der Waals surface area contributed by atoms with Crippen LogP contribution in [0.5, 0.6) is 0 Å². The van der Waals surface area contributed by atoms with E-state index in [0.717, 1.165) is 65.8 Å². The van der Waals surface area contributed by atoms with E-state index in [9.17, 15) is 9.59 Å². The molecule has 6 rings (SSSR count). The monoisotopic (exact) mass is 631 g/mol. The van der Waals surface area contributed by atoms with Crippen molar-refractivity contribution in [2.24, 2.45) is 13.0 Å². The minimum absolute atomic E-state index is 0.00944. The molecule has 2 amide bonds. The van der Waals surface area contributed by atoms with E-state index < -0.39 is 23.3 Å². The van der Waals surface area contributed by atoms with Gasteiger partial charge in [-0.25, -0.2) is 14.6 Å². The molecule has 1 N–H and O–H groups in total. The third-order valence-electron chi connectivity index (χ3n) is 9.07. The molecule has 9 nitrogen and oxygen atoms in total. The summed E-state index contributed by atoms with van der Waals surface area (Å²) in [5.41, 5.74) is 4.83. The van der Waals surface area contributed by atoms with E-state index in [1.165, 1.54) is 0 Å². The van der Waals surface area contributed by atoms with Crippen LogP contribution in [0.3, 0.4) is 0 Å². The van der Waals surface area contributed by atoms with Crippen LogP contribution < -0.4 is 5.32 Å². The second kappa shape index (κ2) is 12.2. The van der Waals surface area contributed by atoms with E-state index in [1.54, 1.807) is 12.5 Å². The first kappa shape index (κ1) is 31.1. The highest BCUT2D eigenvalue weighted by molar-refractivity contribution is 6.30. The van der Waals surface area contributed by atoms with Gasteiger partial charge in [0.2, 0.25) is 0 Å². The highest BCUT2D eigenvalue weighted by atomic mass is 35.5. The molecule has 3 heterocycles. The number of halogens is 1. The number of likely N-dealkylation sites (tertiary alicyclic amines) is 1. The first-order chi connectivity index (χ1) is 21.4. The van der Waals surface area contributed by atoms with Crippen molar-refractivity contribution < 1.29 is 19.1 Å². The predicted molar refractivity (Wildman–Crippen MR) is 174 cm³/mol. The Hall–Kier alpha value is -3.85. The molecule has 1 saturated heterocycles. The van der Waals surface area contributed by atoms with Crippen LogP contribution in [0.15, 0.2) is 49.1 Å². The summed E-state index contributed by atoms with van der Waals surface area (Å²) in [4.78, 5) is 37.1. The van der Waals surface area contributed by atoms with Crippen LogP contribution in [0.2, 0.25) is 5.02 Å². The molecule has 1 aliphatic heterocycles. The Balaban J connectivity index is 1.34. The van der Waals surface area contributed by atoms with Crippen molar-refractivity contribution in [2.45, 2.75) is 83.0 Å². The van der Waals surface area contributed by atoms with Crippen LogP contribution >= 0.6 is 11.6 Å². The molecule has 3 aliphatic rings. The molecule has 1 saturated carbocycles. The molecule has 1 aromatic carbocycles. The Morgan fingerprint density at radius 1 is 1.18 bits per heavy atom. The standard InChI is InChI=1S/C35H42ClN5O4/c1-34(2,3)45-33(43)41-15-10-22(11-16-41)17-27-25-9-8-24(36)19-26(25)28(18-23-7-6-14-38-30(23)27)31(29-20-37-21-40(29)5)39-32(42)44-35(4)12-13-35/h6-9,14,18-22,27,31H,10-13,15-17H2,1-5H3,(H,39,42). The number of benzene rings is 1. The second-order valence-electron chi connectivity index (χ2n) is 13.9. The quantitative estimate of drug-likeness (QED) is 0.302. The summed E-state index contributed by atoms with van der Waals surface area (Å²) in [6.45, 7) is 8.95. The molecule has 3 aromatic rings. The average molecular weight is 632 g/mol. The number of aromatic nitrogens is 3. The van der Waals surface area contributed by atoms with Gasteiger partial charge in [0, 0.05) is 37.3 Å². The van der Waals surface area contributed by atoms with Crippen LogP contribution in [0.4, 0.5) is 9.59 Å². The van der Waals surface area contributed by atoms with Gasteiger partial charge in [-0.1, -0.05) is 23.7 Å². The van der Waals surface area contributed by atoms with E-state index in [4.69, 9.17) is 26.1 Å². The van der Waals surface area contributed by atoms with Crippen LogP contribution in [-0.2, 0) is 16.5 Å². The van der Waals surface area contributed by atoms with Gasteiger partial charge >= 0.3 is 12.2 Å². The van der Waals surface area contributed by atoms with Crippen LogP contribution in [-0.4, -0.2) is 55.9 Å². The van der Waals surface area contributed by atoms with Gasteiger partial charge < -0.3 is 24.3 Å². The number of hydrogen-bond acceptors (Lipinski definition) is 6. The molecule has 45 heavy (non-hydrogen) atoms. The lowest BCUT2D eigenvalue weighted by molar-refractivity contribution is 0.0179. The molecule has 0 radical (unpaired) electrons. The lowest BCUT2D eigenvalue weighted by atomic mass is 9.79. The van der Waals surface area contributed by atoms with Crippen molar-refractivity contribution in [2.75, 3.05) is 13.1 Å². The Kier molecular flexibility index (Phi) is 8.41. The van der Waals surface area contributed by atoms with Gasteiger partial charge in [0.15, 0.2) is 0 Å². The zero-order valence-electron chi connectivity index (χ0n) is 26.7. The lowest BCUT2D eigenvalue weighted by Crippen LogP contribution is -2.42. The Labute approximate surface area is 270 Å². The molecular formula is C35H42ClN5O4. The Morgan fingerprint density at radius 3 is 2.60 bits per heavy atom. The predicted octanol–water partition coefficient (Wildman–Crippen LogP) is 7.51. The fourth-order valence-corrected chi connectivity index (χ4v) is 6.58. The SMILES string of the molecule is Cn1cncc1C(NC(=O)OC1(C)CC1)C1=Cc2cccnc2C(CC2CCN(C(=O)OC(C)(C)C)CC2)c2ccc(Cl)cc21. The van der Waals surface area contributed by atoms with Crippen molar-refractivity contribution in [3.05, 3.63) is 82.2 Å². The number of carbonyl (C=O) groups is 2. The topological polar surface area (TPSA) is 98.6 Å². The van der Waals surface area contributed by atoms with Crippen molar-refractivity contribution in [1.29, 1.82) is 0 Å². The number of imidazole rings is 1. The molecule has 0 bridgehead atoms. The van der Waals surface area contributed by atoms with Gasteiger partial charge in [0.25, 0.3) is 0 Å². The maximum Gasteiger partial charge on any atom is 0.410 e. The number of pyridine rings is 1. The summed E-state index contributed by atoms with van der Waals surface area (Å²) in [6, 6.07) is 9.50. The number of alkyl carbamates (subject to hydrolysis) is 1. The molecule has 10 heteroatoms. The molecular weight excluding hydrogens is 590 g/mol. The van der Waals surface area contributed by atoms with Gasteiger partial charge in [0.05, 0.1) is 30.0 Å². The smallest absolute Gasteiger partial charge is 0.410 e. The molecule has 2 aliphatic carbocycles. The first-order valence-corrected chi connectivity index (χ1v) is 16.2. The van der Waals surface area contributed by atoms with Crippen LogP contribution in [0.25, 0.3) is 11.6 Å². The van der Waals surface area contributed by atoms with Gasteiger partial charge in [-0.05, 0) is 112 Å². The van der Waals surface area contributed by atoms with Crippen molar-refractivity contribution >= 4 is 35.4 Å². The third-order valence-corrected chi connectivity index (χ3v) is 9.30. The van der Waals surface area contributed by atoms with Gasteiger partial charge in [-0.3, -0.25) is 4.98 Å².